The van der Waals surface area contributed by atoms with Crippen molar-refractivity contribution in [1.82, 2.24) is 14.7 Å². The first kappa shape index (κ1) is 36.4. The zero-order chi connectivity index (χ0) is 35.2. The quantitative estimate of drug-likeness (QED) is 0.175. The zero-order valence-electron chi connectivity index (χ0n) is 27.5. The van der Waals surface area contributed by atoms with Gasteiger partial charge in [-0.2, -0.15) is 4.68 Å². The average molecular weight is 688 g/mol. The highest BCUT2D eigenvalue weighted by atomic mass is 32.2. The summed E-state index contributed by atoms with van der Waals surface area (Å²) in [6, 6.07) is 11.0. The Morgan fingerprint density at radius 2 is 1.65 bits per heavy atom. The Morgan fingerprint density at radius 1 is 0.938 bits per heavy atom. The predicted molar refractivity (Wildman–Crippen MR) is 176 cm³/mol. The molecule has 2 atom stereocenters. The monoisotopic (exact) mass is 687 g/mol. The molecule has 4 rings (SSSR count). The van der Waals surface area contributed by atoms with E-state index in [0.29, 0.717) is 30.5 Å². The summed E-state index contributed by atoms with van der Waals surface area (Å²) < 4.78 is 71.1. The van der Waals surface area contributed by atoms with Crippen molar-refractivity contribution in [3.05, 3.63) is 77.4 Å². The van der Waals surface area contributed by atoms with E-state index < -0.39 is 38.4 Å². The van der Waals surface area contributed by atoms with Gasteiger partial charge in [-0.25, -0.2) is 22.0 Å². The van der Waals surface area contributed by atoms with Crippen LogP contribution in [0.25, 0.3) is 10.9 Å². The lowest BCUT2D eigenvalue weighted by Gasteiger charge is -2.22. The number of carbonyl (C=O) groups is 2. The molecular weight excluding hydrogens is 648 g/mol. The van der Waals surface area contributed by atoms with Gasteiger partial charge in [-0.15, -0.1) is 5.10 Å². The minimum atomic E-state index is -4.44. The molecule has 3 aromatic carbocycles. The smallest absolute Gasteiger partial charge is 0.435 e. The van der Waals surface area contributed by atoms with Gasteiger partial charge < -0.3 is 29.7 Å². The van der Waals surface area contributed by atoms with E-state index in [1.54, 1.807) is 13.2 Å². The van der Waals surface area contributed by atoms with Crippen molar-refractivity contribution in [3.63, 3.8) is 0 Å². The highest BCUT2D eigenvalue weighted by Gasteiger charge is 2.25. The van der Waals surface area contributed by atoms with E-state index in [2.05, 4.69) is 27.6 Å². The van der Waals surface area contributed by atoms with Gasteiger partial charge >= 0.3 is 6.09 Å². The summed E-state index contributed by atoms with van der Waals surface area (Å²) in [4.78, 5) is 28.0. The molecule has 1 aromatic heterocycles. The normalized spacial score (nSPS) is 13.0. The summed E-state index contributed by atoms with van der Waals surface area (Å²) in [5, 5.41) is 10.3. The predicted octanol–water partition coefficient (Wildman–Crippen LogP) is 4.97. The Bertz CT molecular complexity index is 1880. The second-order valence-electron chi connectivity index (χ2n) is 11.5. The Morgan fingerprint density at radius 3 is 2.29 bits per heavy atom. The fraction of sp³-hybridized carbons (Fsp3) is 0.364. The number of benzene rings is 3. The van der Waals surface area contributed by atoms with Gasteiger partial charge in [0.15, 0.2) is 5.82 Å². The van der Waals surface area contributed by atoms with Gasteiger partial charge in [0.1, 0.15) is 18.2 Å². The van der Waals surface area contributed by atoms with E-state index in [1.165, 1.54) is 25.3 Å². The van der Waals surface area contributed by atoms with Gasteiger partial charge in [0.05, 0.1) is 34.1 Å². The summed E-state index contributed by atoms with van der Waals surface area (Å²) in [6.07, 6.45) is -0.190. The van der Waals surface area contributed by atoms with Gasteiger partial charge in [0.25, 0.3) is 5.91 Å². The first-order valence-electron chi connectivity index (χ1n) is 15.0. The zero-order valence-corrected chi connectivity index (χ0v) is 28.4. The lowest BCUT2D eigenvalue weighted by molar-refractivity contribution is 0.0980. The van der Waals surface area contributed by atoms with Crippen LogP contribution < -0.4 is 10.6 Å². The maximum Gasteiger partial charge on any atom is 0.435 e. The number of amides is 1. The molecule has 1 heterocycles. The molecule has 0 bridgehead atoms. The Kier molecular flexibility index (Phi) is 11.9. The van der Waals surface area contributed by atoms with Crippen molar-refractivity contribution in [1.29, 1.82) is 0 Å². The largest absolute Gasteiger partial charge is 0.445 e. The van der Waals surface area contributed by atoms with Gasteiger partial charge in [-0.05, 0) is 82.4 Å². The Labute approximate surface area is 277 Å². The number of likely N-dealkylation sites (N-methyl/N-ethyl adjacent to an activating group) is 1. The van der Waals surface area contributed by atoms with Crippen molar-refractivity contribution >= 4 is 44.2 Å². The summed E-state index contributed by atoms with van der Waals surface area (Å²) in [7, 11) is 2.54. The Balaban J connectivity index is 1.79. The number of hydrogen-bond donors (Lipinski definition) is 2. The number of methoxy groups -OCH3 is 2. The molecule has 0 aliphatic heterocycles. The molecule has 0 fully saturated rings. The van der Waals surface area contributed by atoms with Crippen molar-refractivity contribution < 1.29 is 41.0 Å². The maximum atomic E-state index is 14.0. The molecule has 0 saturated carbocycles. The second-order valence-corrected chi connectivity index (χ2v) is 13.5. The molecule has 48 heavy (non-hydrogen) atoms. The molecule has 2 N–H and O–H groups in total. The molecule has 258 valence electrons. The van der Waals surface area contributed by atoms with Crippen LogP contribution in [0.15, 0.2) is 64.4 Å². The summed E-state index contributed by atoms with van der Waals surface area (Å²) in [5.74, 6) is -2.89. The lowest BCUT2D eigenvalue weighted by Crippen LogP contribution is -2.27. The van der Waals surface area contributed by atoms with Crippen LogP contribution in [0.1, 0.15) is 29.8 Å². The van der Waals surface area contributed by atoms with Crippen LogP contribution in [0.5, 0.6) is 0 Å². The van der Waals surface area contributed by atoms with Gasteiger partial charge in [-0.3, -0.25) is 4.79 Å². The van der Waals surface area contributed by atoms with E-state index in [0.717, 1.165) is 16.7 Å². The highest BCUT2D eigenvalue weighted by molar-refractivity contribution is 7.91. The third kappa shape index (κ3) is 8.52. The van der Waals surface area contributed by atoms with E-state index in [1.807, 2.05) is 33.2 Å². The molecular formula is C33H39F2N5O7S. The van der Waals surface area contributed by atoms with Crippen LogP contribution >= 0.6 is 0 Å². The van der Waals surface area contributed by atoms with E-state index >= 15 is 0 Å². The number of hydrogen-bond acceptors (Lipinski definition) is 10. The molecule has 4 aromatic rings. The van der Waals surface area contributed by atoms with Gasteiger partial charge in [0, 0.05) is 43.4 Å². The van der Waals surface area contributed by atoms with Crippen LogP contribution in [0, 0.1) is 11.6 Å². The molecule has 12 nitrogen and oxygen atoms in total. The molecule has 0 aliphatic carbocycles. The second kappa shape index (κ2) is 15.6. The van der Waals surface area contributed by atoms with Crippen LogP contribution in [0.4, 0.5) is 25.1 Å². The van der Waals surface area contributed by atoms with Crippen LogP contribution in [0.2, 0.25) is 0 Å². The molecule has 0 saturated heterocycles. The van der Waals surface area contributed by atoms with E-state index in [9.17, 15) is 26.8 Å². The average Bonchev–Trinajstić information content (AvgIpc) is 3.38. The number of ether oxygens (including phenoxy) is 3. The number of rotatable bonds is 14. The van der Waals surface area contributed by atoms with Crippen molar-refractivity contribution in [2.45, 2.75) is 42.1 Å². The number of nitrogens with zero attached hydrogens (tertiary/aromatic N) is 3. The minimum Gasteiger partial charge on any atom is -0.445 e. The third-order valence-electron chi connectivity index (χ3n) is 7.59. The summed E-state index contributed by atoms with van der Waals surface area (Å²) in [6.45, 7) is 4.37. The Hall–Kier alpha value is -4.44. The molecule has 1 amide bonds. The number of sulfone groups is 1. The fourth-order valence-corrected chi connectivity index (χ4v) is 6.21. The van der Waals surface area contributed by atoms with Crippen LogP contribution in [0.3, 0.4) is 0 Å². The maximum absolute atomic E-state index is 14.0. The third-order valence-corrected chi connectivity index (χ3v) is 9.32. The molecule has 0 radical (unpaired) electrons. The fourth-order valence-electron chi connectivity index (χ4n) is 4.88. The van der Waals surface area contributed by atoms with Crippen molar-refractivity contribution in [2.75, 3.05) is 58.8 Å². The number of carbonyl (C=O) groups excluding carboxylic acids is 2. The summed E-state index contributed by atoms with van der Waals surface area (Å²) >= 11 is 0. The molecule has 1 unspecified atom stereocenters. The van der Waals surface area contributed by atoms with Gasteiger partial charge in [0.2, 0.25) is 9.84 Å². The van der Waals surface area contributed by atoms with E-state index in [-0.39, 0.29) is 52.5 Å². The number of aromatic nitrogens is 2. The minimum absolute atomic E-state index is 0.0590. The first-order valence-corrected chi connectivity index (χ1v) is 16.5. The number of nitrogens with one attached hydrogen (secondary N) is 2. The van der Waals surface area contributed by atoms with Crippen molar-refractivity contribution in [2.24, 2.45) is 0 Å². The number of halogens is 2. The first-order chi connectivity index (χ1) is 22.7. The lowest BCUT2D eigenvalue weighted by atomic mass is 10.0. The van der Waals surface area contributed by atoms with Crippen LogP contribution in [-0.2, 0) is 30.5 Å². The SMILES string of the molecule is COCCOC(=O)n1nc(NC(=O)c2ccc(C[C@H](C)N(C)C)cc2NC(C)COC)c2cc(S(=O)(=O)c3cc(F)cc(F)c3)ccc21. The molecule has 15 heteroatoms. The standard InChI is InChI=1S/C33H39F2N5O7S/c1-20(19-46-6)36-29-14-22(13-21(2)39(3)4)7-9-27(29)32(41)37-31-28-18-25(48(43,44)26-16-23(34)15-24(35)17-26)8-10-30(28)40(38-31)33(42)47-12-11-45-5/h7-10,14-18,20-21,36H,11-13,19H2,1-6H3,(H,37,38,41)/t20?,21-/m0/s1. The molecule has 0 spiro atoms. The van der Waals surface area contributed by atoms with Gasteiger partial charge in [-0.1, -0.05) is 6.07 Å². The molecule has 0 aliphatic rings. The highest BCUT2D eigenvalue weighted by Crippen LogP contribution is 2.31. The van der Waals surface area contributed by atoms with Crippen molar-refractivity contribution in [3.8, 4) is 0 Å². The topological polar surface area (TPSA) is 141 Å². The summed E-state index contributed by atoms with van der Waals surface area (Å²) in [5.41, 5.74) is 1.87. The van der Waals surface area contributed by atoms with E-state index in [4.69, 9.17) is 14.2 Å². The van der Waals surface area contributed by atoms with Crippen LogP contribution in [-0.4, -0.2) is 95.3 Å². The number of fused-ring (bicyclic) bond motifs is 1. The number of anilines is 2.